The number of nitrogens with zero attached hydrogens (tertiary/aromatic N) is 2. The number of hydrogen-bond acceptors (Lipinski definition) is 2. The summed E-state index contributed by atoms with van der Waals surface area (Å²) in [6.07, 6.45) is 4.63. The first-order valence-corrected chi connectivity index (χ1v) is 6.86. The van der Waals surface area contributed by atoms with Crippen LogP contribution in [0, 0.1) is 13.8 Å². The van der Waals surface area contributed by atoms with E-state index in [-0.39, 0.29) is 0 Å². The molecule has 3 nitrogen and oxygen atoms in total. The van der Waals surface area contributed by atoms with Gasteiger partial charge in [-0.15, -0.1) is 0 Å². The zero-order valence-electron chi connectivity index (χ0n) is 11.2. The molecule has 3 rings (SSSR count). The van der Waals surface area contributed by atoms with Gasteiger partial charge < -0.3 is 10.3 Å². The average molecular weight is 243 g/mol. The van der Waals surface area contributed by atoms with Gasteiger partial charge in [0.1, 0.15) is 5.82 Å². The molecule has 18 heavy (non-hydrogen) atoms. The molecule has 1 aliphatic rings. The summed E-state index contributed by atoms with van der Waals surface area (Å²) in [6, 6.07) is 7.54. The third-order valence-corrected chi connectivity index (χ3v) is 4.13. The minimum Gasteiger partial charge on any atom is -0.328 e. The Hall–Kier alpha value is -1.35. The molecule has 1 aromatic carbocycles. The number of aromatic nitrogens is 2. The van der Waals surface area contributed by atoms with Crippen LogP contribution in [0.15, 0.2) is 18.2 Å². The molecule has 0 saturated heterocycles. The van der Waals surface area contributed by atoms with Crippen molar-refractivity contribution in [1.29, 1.82) is 0 Å². The molecule has 0 atom stereocenters. The van der Waals surface area contributed by atoms with Crippen molar-refractivity contribution in [1.82, 2.24) is 9.55 Å². The van der Waals surface area contributed by atoms with E-state index in [1.165, 1.54) is 23.9 Å². The highest BCUT2D eigenvalue weighted by molar-refractivity contribution is 5.77. The maximum Gasteiger partial charge on any atom is 0.106 e. The Labute approximate surface area is 108 Å². The molecule has 1 saturated carbocycles. The second kappa shape index (κ2) is 4.39. The second-order valence-electron chi connectivity index (χ2n) is 5.59. The van der Waals surface area contributed by atoms with E-state index in [2.05, 4.69) is 36.6 Å². The molecule has 96 valence electrons. The third-order valence-electron chi connectivity index (χ3n) is 4.13. The molecule has 0 radical (unpaired) electrons. The number of hydrogen-bond donors (Lipinski definition) is 1. The fraction of sp³-hybridized carbons (Fsp3) is 0.533. The van der Waals surface area contributed by atoms with E-state index in [0.29, 0.717) is 12.1 Å². The van der Waals surface area contributed by atoms with Crippen LogP contribution in [0.3, 0.4) is 0 Å². The summed E-state index contributed by atoms with van der Waals surface area (Å²) in [5, 5.41) is 0. The van der Waals surface area contributed by atoms with Gasteiger partial charge in [0.05, 0.1) is 11.0 Å². The predicted octanol–water partition coefficient (Wildman–Crippen LogP) is 3.10. The van der Waals surface area contributed by atoms with Crippen molar-refractivity contribution in [2.75, 3.05) is 0 Å². The van der Waals surface area contributed by atoms with E-state index in [9.17, 15) is 0 Å². The van der Waals surface area contributed by atoms with Crippen molar-refractivity contribution in [2.45, 2.75) is 51.6 Å². The molecule has 2 N–H and O–H groups in total. The van der Waals surface area contributed by atoms with E-state index in [0.717, 1.165) is 24.2 Å². The number of benzene rings is 1. The van der Waals surface area contributed by atoms with Crippen molar-refractivity contribution in [3.63, 3.8) is 0 Å². The van der Waals surface area contributed by atoms with Gasteiger partial charge in [-0.3, -0.25) is 0 Å². The van der Waals surface area contributed by atoms with E-state index in [1.807, 2.05) is 0 Å². The average Bonchev–Trinajstić information content (AvgIpc) is 2.65. The number of rotatable bonds is 1. The summed E-state index contributed by atoms with van der Waals surface area (Å²) in [7, 11) is 0. The molecule has 1 aliphatic carbocycles. The Morgan fingerprint density at radius 2 is 1.89 bits per heavy atom. The summed E-state index contributed by atoms with van der Waals surface area (Å²) >= 11 is 0. The molecule has 0 unspecified atom stereocenters. The highest BCUT2D eigenvalue weighted by Crippen LogP contribution is 2.32. The second-order valence-corrected chi connectivity index (χ2v) is 5.59. The predicted molar refractivity (Wildman–Crippen MR) is 74.7 cm³/mol. The Kier molecular flexibility index (Phi) is 2.86. The van der Waals surface area contributed by atoms with Gasteiger partial charge in [0, 0.05) is 12.1 Å². The monoisotopic (exact) mass is 243 g/mol. The summed E-state index contributed by atoms with van der Waals surface area (Å²) in [4.78, 5) is 4.70. The van der Waals surface area contributed by atoms with Gasteiger partial charge in [-0.1, -0.05) is 6.07 Å². The molecule has 0 amide bonds. The van der Waals surface area contributed by atoms with Crippen LogP contribution in [0.4, 0.5) is 0 Å². The van der Waals surface area contributed by atoms with Crippen LogP contribution in [-0.4, -0.2) is 15.6 Å². The van der Waals surface area contributed by atoms with Crippen LogP contribution in [0.2, 0.25) is 0 Å². The number of fused-ring (bicyclic) bond motifs is 1. The van der Waals surface area contributed by atoms with Crippen LogP contribution < -0.4 is 5.73 Å². The fourth-order valence-corrected chi connectivity index (χ4v) is 3.15. The summed E-state index contributed by atoms with van der Waals surface area (Å²) in [5.41, 5.74) is 9.68. The van der Waals surface area contributed by atoms with E-state index in [4.69, 9.17) is 10.7 Å². The van der Waals surface area contributed by atoms with Crippen LogP contribution in [0.5, 0.6) is 0 Å². The van der Waals surface area contributed by atoms with E-state index < -0.39 is 0 Å². The van der Waals surface area contributed by atoms with Crippen molar-refractivity contribution in [3.05, 3.63) is 29.6 Å². The maximum atomic E-state index is 6.00. The smallest absolute Gasteiger partial charge is 0.106 e. The molecular formula is C15H21N3. The largest absolute Gasteiger partial charge is 0.328 e. The van der Waals surface area contributed by atoms with Crippen LogP contribution in [0.1, 0.15) is 43.1 Å². The lowest BCUT2D eigenvalue weighted by atomic mass is 9.91. The summed E-state index contributed by atoms with van der Waals surface area (Å²) in [6.45, 7) is 4.23. The first-order chi connectivity index (χ1) is 8.65. The minimum absolute atomic E-state index is 0.401. The normalized spacial score (nSPS) is 24.6. The topological polar surface area (TPSA) is 43.8 Å². The van der Waals surface area contributed by atoms with Crippen molar-refractivity contribution >= 4 is 11.0 Å². The number of aryl methyl sites for hydroxylation is 2. The van der Waals surface area contributed by atoms with E-state index in [1.54, 1.807) is 0 Å². The van der Waals surface area contributed by atoms with Gasteiger partial charge in [0.2, 0.25) is 0 Å². The molecule has 0 aliphatic heterocycles. The molecule has 2 aromatic rings. The molecule has 1 fully saturated rings. The van der Waals surface area contributed by atoms with Gasteiger partial charge in [-0.05, 0) is 57.2 Å². The molecule has 1 aromatic heterocycles. The van der Waals surface area contributed by atoms with Crippen LogP contribution in [0.25, 0.3) is 11.0 Å². The third kappa shape index (κ3) is 1.93. The van der Waals surface area contributed by atoms with Crippen LogP contribution >= 0.6 is 0 Å². The van der Waals surface area contributed by atoms with Crippen LogP contribution in [-0.2, 0) is 0 Å². The summed E-state index contributed by atoms with van der Waals surface area (Å²) in [5.74, 6) is 1.14. The van der Waals surface area contributed by atoms with Gasteiger partial charge in [0.25, 0.3) is 0 Å². The highest BCUT2D eigenvalue weighted by atomic mass is 15.1. The quantitative estimate of drug-likeness (QED) is 0.836. The molecular weight excluding hydrogens is 222 g/mol. The zero-order valence-corrected chi connectivity index (χ0v) is 11.2. The first kappa shape index (κ1) is 11.7. The molecule has 0 bridgehead atoms. The lowest BCUT2D eigenvalue weighted by molar-refractivity contribution is 0.325. The first-order valence-electron chi connectivity index (χ1n) is 6.86. The molecule has 1 heterocycles. The van der Waals surface area contributed by atoms with Gasteiger partial charge >= 0.3 is 0 Å². The van der Waals surface area contributed by atoms with Crippen molar-refractivity contribution < 1.29 is 0 Å². The standard InChI is InChI=1S/C15H21N3/c1-10-3-8-15-14(9-10)17-11(2)18(15)13-6-4-12(16)5-7-13/h3,8-9,12-13H,4-7,16H2,1-2H3. The van der Waals surface area contributed by atoms with E-state index >= 15 is 0 Å². The molecule has 3 heteroatoms. The number of nitrogens with two attached hydrogens (primary N) is 1. The maximum absolute atomic E-state index is 6.00. The SMILES string of the molecule is Cc1ccc2c(c1)nc(C)n2C1CCC(N)CC1. The Morgan fingerprint density at radius 3 is 2.61 bits per heavy atom. The van der Waals surface area contributed by atoms with Gasteiger partial charge in [-0.2, -0.15) is 0 Å². The van der Waals surface area contributed by atoms with Gasteiger partial charge in [0.15, 0.2) is 0 Å². The summed E-state index contributed by atoms with van der Waals surface area (Å²) < 4.78 is 2.42. The lowest BCUT2D eigenvalue weighted by Crippen LogP contribution is -2.28. The number of imidazole rings is 1. The Bertz CT molecular complexity index is 562. The van der Waals surface area contributed by atoms with Crippen molar-refractivity contribution in [2.24, 2.45) is 5.73 Å². The van der Waals surface area contributed by atoms with Gasteiger partial charge in [-0.25, -0.2) is 4.98 Å². The zero-order chi connectivity index (χ0) is 12.7. The molecule has 0 spiro atoms. The Balaban J connectivity index is 2.03. The minimum atomic E-state index is 0.401. The fourth-order valence-electron chi connectivity index (χ4n) is 3.15. The lowest BCUT2D eigenvalue weighted by Gasteiger charge is -2.28. The highest BCUT2D eigenvalue weighted by Gasteiger charge is 2.22. The van der Waals surface area contributed by atoms with Crippen molar-refractivity contribution in [3.8, 4) is 0 Å². The Morgan fingerprint density at radius 1 is 1.17 bits per heavy atom.